The predicted octanol–water partition coefficient (Wildman–Crippen LogP) is 5.44. The van der Waals surface area contributed by atoms with E-state index in [2.05, 4.69) is 50.4 Å². The predicted molar refractivity (Wildman–Crippen MR) is 86.2 cm³/mol. The summed E-state index contributed by atoms with van der Waals surface area (Å²) >= 11 is 7.97. The van der Waals surface area contributed by atoms with Crippen LogP contribution in [0.2, 0.25) is 5.02 Å². The number of rotatable bonds is 5. The molecule has 0 fully saturated rings. The van der Waals surface area contributed by atoms with Crippen LogP contribution in [0.15, 0.2) is 30.3 Å². The molecule has 1 aromatic heterocycles. The Morgan fingerprint density at radius 3 is 2.68 bits per heavy atom. The minimum atomic E-state index is 0.461. The molecule has 0 amide bonds. The topological polar surface area (TPSA) is 12.0 Å². The van der Waals surface area contributed by atoms with Gasteiger partial charge in [0.15, 0.2) is 0 Å². The lowest BCUT2D eigenvalue weighted by molar-refractivity contribution is 0.545. The molecular formula is C16H20ClNS. The minimum absolute atomic E-state index is 0.461. The molecule has 0 aliphatic rings. The quantitative estimate of drug-likeness (QED) is 0.774. The summed E-state index contributed by atoms with van der Waals surface area (Å²) in [4.78, 5) is 2.70. The van der Waals surface area contributed by atoms with Crippen molar-refractivity contribution in [1.82, 2.24) is 5.32 Å². The molecule has 1 unspecified atom stereocenters. The fourth-order valence-electron chi connectivity index (χ4n) is 2.24. The Bertz CT molecular complexity index is 547. The number of benzene rings is 1. The summed E-state index contributed by atoms with van der Waals surface area (Å²) in [5.74, 6) is 0. The monoisotopic (exact) mass is 293 g/mol. The zero-order valence-corrected chi connectivity index (χ0v) is 13.2. The van der Waals surface area contributed by atoms with Gasteiger partial charge >= 0.3 is 0 Å². The van der Waals surface area contributed by atoms with Gasteiger partial charge in [0.25, 0.3) is 0 Å². The number of thiophene rings is 1. The second-order valence-electron chi connectivity index (χ2n) is 4.68. The Morgan fingerprint density at radius 2 is 2.00 bits per heavy atom. The van der Waals surface area contributed by atoms with Crippen LogP contribution >= 0.6 is 22.9 Å². The van der Waals surface area contributed by atoms with E-state index in [1.54, 1.807) is 0 Å². The molecule has 102 valence electrons. The van der Waals surface area contributed by atoms with E-state index in [1.807, 2.05) is 17.4 Å². The summed E-state index contributed by atoms with van der Waals surface area (Å²) in [5.41, 5.74) is 2.52. The highest BCUT2D eigenvalue weighted by molar-refractivity contribution is 7.15. The molecule has 1 aromatic carbocycles. The zero-order valence-electron chi connectivity index (χ0n) is 11.7. The van der Waals surface area contributed by atoms with Gasteiger partial charge in [0.2, 0.25) is 0 Å². The number of hydrogen-bond donors (Lipinski definition) is 1. The van der Waals surface area contributed by atoms with Gasteiger partial charge in [-0.2, -0.15) is 0 Å². The highest BCUT2D eigenvalue weighted by atomic mass is 35.5. The van der Waals surface area contributed by atoms with Crippen LogP contribution in [0.25, 0.3) is 10.4 Å². The fourth-order valence-corrected chi connectivity index (χ4v) is 3.66. The van der Waals surface area contributed by atoms with Gasteiger partial charge in [0.05, 0.1) is 0 Å². The first-order valence-electron chi connectivity index (χ1n) is 6.75. The highest BCUT2D eigenvalue weighted by Crippen LogP contribution is 2.35. The molecule has 19 heavy (non-hydrogen) atoms. The number of halogens is 1. The van der Waals surface area contributed by atoms with E-state index >= 15 is 0 Å². The molecule has 0 aliphatic carbocycles. The molecule has 1 atom stereocenters. The molecule has 0 spiro atoms. The van der Waals surface area contributed by atoms with E-state index in [0.29, 0.717) is 6.04 Å². The summed E-state index contributed by atoms with van der Waals surface area (Å²) in [6.07, 6.45) is 1.11. The summed E-state index contributed by atoms with van der Waals surface area (Å²) < 4.78 is 0. The molecular weight excluding hydrogens is 274 g/mol. The first-order valence-corrected chi connectivity index (χ1v) is 7.94. The molecule has 0 aliphatic heterocycles. The molecule has 3 heteroatoms. The Kier molecular flexibility index (Phi) is 5.03. The van der Waals surface area contributed by atoms with Crippen molar-refractivity contribution >= 4 is 22.9 Å². The van der Waals surface area contributed by atoms with Gasteiger partial charge in [-0.25, -0.2) is 0 Å². The third-order valence-corrected chi connectivity index (χ3v) is 4.76. The molecule has 0 saturated carbocycles. The van der Waals surface area contributed by atoms with Crippen molar-refractivity contribution in [1.29, 1.82) is 0 Å². The van der Waals surface area contributed by atoms with Crippen molar-refractivity contribution in [2.75, 3.05) is 6.54 Å². The van der Waals surface area contributed by atoms with Gasteiger partial charge in [-0.3, -0.25) is 0 Å². The van der Waals surface area contributed by atoms with Gasteiger partial charge in [-0.1, -0.05) is 31.5 Å². The summed E-state index contributed by atoms with van der Waals surface area (Å²) in [6.45, 7) is 7.50. The lowest BCUT2D eigenvalue weighted by Crippen LogP contribution is -2.18. The number of aryl methyl sites for hydroxylation is 1. The van der Waals surface area contributed by atoms with Crippen molar-refractivity contribution < 1.29 is 0 Å². The second kappa shape index (κ2) is 6.56. The lowest BCUT2D eigenvalue weighted by atomic mass is 10.1. The van der Waals surface area contributed by atoms with Crippen LogP contribution in [0.3, 0.4) is 0 Å². The molecule has 2 aromatic rings. The molecule has 0 radical (unpaired) electrons. The number of nitrogens with one attached hydrogen (secondary N) is 1. The van der Waals surface area contributed by atoms with Gasteiger partial charge in [-0.15, -0.1) is 11.3 Å². The van der Waals surface area contributed by atoms with Crippen LogP contribution in [-0.4, -0.2) is 6.54 Å². The van der Waals surface area contributed by atoms with E-state index in [9.17, 15) is 0 Å². The minimum Gasteiger partial charge on any atom is -0.310 e. The van der Waals surface area contributed by atoms with Crippen molar-refractivity contribution in [3.63, 3.8) is 0 Å². The van der Waals surface area contributed by atoms with Crippen molar-refractivity contribution in [3.8, 4) is 10.4 Å². The zero-order chi connectivity index (χ0) is 13.8. The Hall–Kier alpha value is -0.830. The number of hydrogen-bond acceptors (Lipinski definition) is 2. The summed E-state index contributed by atoms with van der Waals surface area (Å²) in [7, 11) is 0. The molecule has 1 heterocycles. The van der Waals surface area contributed by atoms with Gasteiger partial charge < -0.3 is 5.32 Å². The summed E-state index contributed by atoms with van der Waals surface area (Å²) in [6, 6.07) is 11.0. The first kappa shape index (κ1) is 14.6. The van der Waals surface area contributed by atoms with Crippen LogP contribution < -0.4 is 5.32 Å². The maximum Gasteiger partial charge on any atom is 0.0412 e. The van der Waals surface area contributed by atoms with Gasteiger partial charge in [0, 0.05) is 20.8 Å². The Balaban J connectivity index is 2.32. The van der Waals surface area contributed by atoms with Crippen molar-refractivity contribution in [3.05, 3.63) is 45.8 Å². The maximum absolute atomic E-state index is 6.11. The smallest absolute Gasteiger partial charge is 0.0412 e. The van der Waals surface area contributed by atoms with Crippen LogP contribution in [0.4, 0.5) is 0 Å². The van der Waals surface area contributed by atoms with Crippen molar-refractivity contribution in [2.24, 2.45) is 0 Å². The van der Waals surface area contributed by atoms with E-state index < -0.39 is 0 Å². The SMILES string of the molecule is CCNC(CC)c1ccc(-c2cc(Cl)ccc2C)s1. The highest BCUT2D eigenvalue weighted by Gasteiger charge is 2.12. The van der Waals surface area contributed by atoms with Gasteiger partial charge in [0.1, 0.15) is 0 Å². The maximum atomic E-state index is 6.11. The van der Waals surface area contributed by atoms with E-state index in [4.69, 9.17) is 11.6 Å². The largest absolute Gasteiger partial charge is 0.310 e. The average molecular weight is 294 g/mol. The second-order valence-corrected chi connectivity index (χ2v) is 6.23. The van der Waals surface area contributed by atoms with Crippen LogP contribution in [0.1, 0.15) is 36.8 Å². The molecule has 0 bridgehead atoms. The molecule has 0 saturated heterocycles. The molecule has 2 rings (SSSR count). The average Bonchev–Trinajstić information content (AvgIpc) is 2.88. The molecule has 1 nitrogen and oxygen atoms in total. The van der Waals surface area contributed by atoms with E-state index in [1.165, 1.54) is 20.9 Å². The van der Waals surface area contributed by atoms with Crippen molar-refractivity contribution in [2.45, 2.75) is 33.2 Å². The van der Waals surface area contributed by atoms with Crippen LogP contribution in [0.5, 0.6) is 0 Å². The third-order valence-electron chi connectivity index (χ3n) is 3.29. The third kappa shape index (κ3) is 3.38. The molecule has 1 N–H and O–H groups in total. The standard InChI is InChI=1S/C16H20ClNS/c1-4-14(18-5-2)16-9-8-15(19-16)13-10-12(17)7-6-11(13)3/h6-10,14,18H,4-5H2,1-3H3. The van der Waals surface area contributed by atoms with Crippen LogP contribution in [0, 0.1) is 6.92 Å². The summed E-state index contributed by atoms with van der Waals surface area (Å²) in [5, 5.41) is 4.32. The normalized spacial score (nSPS) is 12.6. The van der Waals surface area contributed by atoms with Gasteiger partial charge in [-0.05, 0) is 55.3 Å². The Morgan fingerprint density at radius 1 is 1.21 bits per heavy atom. The lowest BCUT2D eigenvalue weighted by Gasteiger charge is -2.13. The van der Waals surface area contributed by atoms with E-state index in [0.717, 1.165) is 18.0 Å². The van der Waals surface area contributed by atoms with Crippen LogP contribution in [-0.2, 0) is 0 Å². The van der Waals surface area contributed by atoms with E-state index in [-0.39, 0.29) is 0 Å². The fraction of sp³-hybridized carbons (Fsp3) is 0.375. The first-order chi connectivity index (χ1) is 9.15. The Labute approximate surface area is 124 Å².